The summed E-state index contributed by atoms with van der Waals surface area (Å²) in [4.78, 5) is 15.9. The maximum absolute atomic E-state index is 11.8. The first-order valence-corrected chi connectivity index (χ1v) is 6.57. The van der Waals surface area contributed by atoms with Gasteiger partial charge in [0.25, 0.3) is 5.91 Å². The van der Waals surface area contributed by atoms with Crippen LogP contribution in [0.1, 0.15) is 63.4 Å². The van der Waals surface area contributed by atoms with Gasteiger partial charge in [-0.05, 0) is 11.8 Å². The van der Waals surface area contributed by atoms with Gasteiger partial charge in [0.2, 0.25) is 5.82 Å². The van der Waals surface area contributed by atoms with E-state index in [1.54, 1.807) is 0 Å². The Morgan fingerprint density at radius 1 is 1.42 bits per heavy atom. The van der Waals surface area contributed by atoms with E-state index in [9.17, 15) is 9.90 Å². The van der Waals surface area contributed by atoms with Gasteiger partial charge in [0, 0.05) is 12.5 Å². The summed E-state index contributed by atoms with van der Waals surface area (Å²) in [5, 5.41) is 19.0. The lowest BCUT2D eigenvalue weighted by Gasteiger charge is -2.22. The van der Waals surface area contributed by atoms with Crippen LogP contribution in [0.5, 0.6) is 0 Å². The largest absolute Gasteiger partial charge is 0.391 e. The first-order valence-electron chi connectivity index (χ1n) is 6.57. The van der Waals surface area contributed by atoms with E-state index >= 15 is 0 Å². The number of hydrogen-bond acceptors (Lipinski definition) is 4. The Labute approximate surface area is 114 Å². The molecule has 1 aromatic heterocycles. The van der Waals surface area contributed by atoms with Crippen molar-refractivity contribution in [2.45, 2.75) is 53.1 Å². The molecule has 0 aliphatic carbocycles. The van der Waals surface area contributed by atoms with Crippen molar-refractivity contribution in [3.8, 4) is 0 Å². The zero-order valence-corrected chi connectivity index (χ0v) is 12.3. The molecular formula is C13H24N4O2. The Morgan fingerprint density at radius 3 is 2.53 bits per heavy atom. The molecule has 0 fully saturated rings. The highest BCUT2D eigenvalue weighted by Crippen LogP contribution is 2.20. The van der Waals surface area contributed by atoms with Gasteiger partial charge < -0.3 is 10.4 Å². The fraction of sp³-hybridized carbons (Fsp3) is 0.769. The van der Waals surface area contributed by atoms with Gasteiger partial charge >= 0.3 is 0 Å². The molecule has 0 spiro atoms. The van der Waals surface area contributed by atoms with Gasteiger partial charge in [-0.15, -0.1) is 5.10 Å². The normalized spacial score (nSPS) is 13.6. The van der Waals surface area contributed by atoms with E-state index in [0.29, 0.717) is 12.2 Å². The first kappa shape index (κ1) is 15.6. The van der Waals surface area contributed by atoms with Gasteiger partial charge in [-0.1, -0.05) is 34.6 Å². The summed E-state index contributed by atoms with van der Waals surface area (Å²) in [7, 11) is 0. The molecule has 0 aliphatic rings. The average Bonchev–Trinajstić information content (AvgIpc) is 2.72. The lowest BCUT2D eigenvalue weighted by molar-refractivity contribution is 0.0860. The number of amides is 1. The van der Waals surface area contributed by atoms with Gasteiger partial charge in [0.05, 0.1) is 6.10 Å². The van der Waals surface area contributed by atoms with Crippen LogP contribution in [0.2, 0.25) is 0 Å². The minimum Gasteiger partial charge on any atom is -0.391 e. The van der Waals surface area contributed by atoms with Crippen molar-refractivity contribution in [1.82, 2.24) is 20.5 Å². The Hall–Kier alpha value is -1.43. The number of H-pyrrole nitrogens is 1. The number of aromatic nitrogens is 3. The minimum absolute atomic E-state index is 0.0273. The van der Waals surface area contributed by atoms with Crippen LogP contribution in [0.15, 0.2) is 0 Å². The third kappa shape index (κ3) is 5.38. The predicted molar refractivity (Wildman–Crippen MR) is 72.9 cm³/mol. The topological polar surface area (TPSA) is 90.9 Å². The predicted octanol–water partition coefficient (Wildman–Crippen LogP) is 1.45. The van der Waals surface area contributed by atoms with Crippen molar-refractivity contribution in [2.75, 3.05) is 6.54 Å². The molecule has 0 saturated heterocycles. The second kappa shape index (κ2) is 6.14. The average molecular weight is 268 g/mol. The lowest BCUT2D eigenvalue weighted by atomic mass is 9.89. The smallest absolute Gasteiger partial charge is 0.291 e. The SMILES string of the molecule is CC(C)c1nc(C(=O)NCC(O)CC(C)(C)C)n[nH]1. The molecular weight excluding hydrogens is 244 g/mol. The number of aliphatic hydroxyl groups excluding tert-OH is 1. The molecule has 0 saturated carbocycles. The van der Waals surface area contributed by atoms with Gasteiger partial charge in [-0.25, -0.2) is 4.98 Å². The van der Waals surface area contributed by atoms with Gasteiger partial charge in [-0.2, -0.15) is 0 Å². The Morgan fingerprint density at radius 2 is 2.05 bits per heavy atom. The van der Waals surface area contributed by atoms with Crippen LogP contribution in [0.3, 0.4) is 0 Å². The summed E-state index contributed by atoms with van der Waals surface area (Å²) in [6.07, 6.45) is 0.0610. The maximum atomic E-state index is 11.8. The van der Waals surface area contributed by atoms with Crippen molar-refractivity contribution in [3.05, 3.63) is 11.6 Å². The molecule has 6 heteroatoms. The number of aliphatic hydroxyl groups is 1. The van der Waals surface area contributed by atoms with Crippen LogP contribution in [0.25, 0.3) is 0 Å². The van der Waals surface area contributed by atoms with Crippen LogP contribution in [-0.2, 0) is 0 Å². The highest BCUT2D eigenvalue weighted by atomic mass is 16.3. The maximum Gasteiger partial charge on any atom is 0.291 e. The van der Waals surface area contributed by atoms with Crippen LogP contribution >= 0.6 is 0 Å². The number of rotatable bonds is 5. The van der Waals surface area contributed by atoms with Crippen LogP contribution < -0.4 is 5.32 Å². The zero-order chi connectivity index (χ0) is 14.6. The standard InChI is InChI=1S/C13H24N4O2/c1-8(2)10-15-11(17-16-10)12(19)14-7-9(18)6-13(3,4)5/h8-9,18H,6-7H2,1-5H3,(H,14,19)(H,15,16,17). The van der Waals surface area contributed by atoms with Crippen molar-refractivity contribution >= 4 is 5.91 Å². The van der Waals surface area contributed by atoms with E-state index in [0.717, 1.165) is 0 Å². The lowest BCUT2D eigenvalue weighted by Crippen LogP contribution is -2.34. The Bertz CT molecular complexity index is 421. The molecule has 108 valence electrons. The molecule has 6 nitrogen and oxygen atoms in total. The van der Waals surface area contributed by atoms with Crippen molar-refractivity contribution in [3.63, 3.8) is 0 Å². The molecule has 1 atom stereocenters. The second-order valence-electron chi connectivity index (χ2n) is 6.33. The zero-order valence-electron chi connectivity index (χ0n) is 12.3. The molecule has 0 bridgehead atoms. The van der Waals surface area contributed by atoms with E-state index in [2.05, 4.69) is 20.5 Å². The molecule has 1 unspecified atom stereocenters. The highest BCUT2D eigenvalue weighted by molar-refractivity contribution is 5.90. The molecule has 1 rings (SSSR count). The number of nitrogens with one attached hydrogen (secondary N) is 2. The number of nitrogens with zero attached hydrogens (tertiary/aromatic N) is 2. The molecule has 0 aliphatic heterocycles. The molecule has 0 radical (unpaired) electrons. The summed E-state index contributed by atoms with van der Waals surface area (Å²) in [6, 6.07) is 0. The van der Waals surface area contributed by atoms with Gasteiger partial charge in [0.1, 0.15) is 5.82 Å². The quantitative estimate of drug-likeness (QED) is 0.754. The van der Waals surface area contributed by atoms with Crippen molar-refractivity contribution in [1.29, 1.82) is 0 Å². The number of carbonyl (C=O) groups is 1. The van der Waals surface area contributed by atoms with E-state index in [4.69, 9.17) is 0 Å². The Balaban J connectivity index is 2.46. The third-order valence-corrected chi connectivity index (χ3v) is 2.60. The number of carbonyl (C=O) groups excluding carboxylic acids is 1. The van der Waals surface area contributed by atoms with Crippen LogP contribution in [0, 0.1) is 5.41 Å². The van der Waals surface area contributed by atoms with Crippen LogP contribution in [0.4, 0.5) is 0 Å². The number of hydrogen-bond donors (Lipinski definition) is 3. The molecule has 1 amide bonds. The molecule has 19 heavy (non-hydrogen) atoms. The monoisotopic (exact) mass is 268 g/mol. The summed E-state index contributed by atoms with van der Waals surface area (Å²) >= 11 is 0. The van der Waals surface area contributed by atoms with E-state index in [1.807, 2.05) is 34.6 Å². The summed E-state index contributed by atoms with van der Waals surface area (Å²) in [5.41, 5.74) is 0.0273. The fourth-order valence-electron chi connectivity index (χ4n) is 1.70. The van der Waals surface area contributed by atoms with Crippen LogP contribution in [-0.4, -0.2) is 38.8 Å². The third-order valence-electron chi connectivity index (χ3n) is 2.60. The first-order chi connectivity index (χ1) is 8.69. The second-order valence-corrected chi connectivity index (χ2v) is 6.33. The molecule has 0 aromatic carbocycles. The fourth-order valence-corrected chi connectivity index (χ4v) is 1.70. The van der Waals surface area contributed by atoms with Gasteiger partial charge in [-0.3, -0.25) is 9.89 Å². The van der Waals surface area contributed by atoms with E-state index < -0.39 is 6.10 Å². The summed E-state index contributed by atoms with van der Waals surface area (Å²) in [6.45, 7) is 10.3. The van der Waals surface area contributed by atoms with Crippen molar-refractivity contribution in [2.24, 2.45) is 5.41 Å². The molecule has 1 aromatic rings. The molecule has 1 heterocycles. The Kier molecular flexibility index (Phi) is 5.05. The summed E-state index contributed by atoms with van der Waals surface area (Å²) < 4.78 is 0. The van der Waals surface area contributed by atoms with Crippen molar-refractivity contribution < 1.29 is 9.90 Å². The van der Waals surface area contributed by atoms with E-state index in [1.165, 1.54) is 0 Å². The highest BCUT2D eigenvalue weighted by Gasteiger charge is 2.19. The minimum atomic E-state index is -0.563. The molecule has 3 N–H and O–H groups in total. The van der Waals surface area contributed by atoms with E-state index in [-0.39, 0.29) is 29.6 Å². The van der Waals surface area contributed by atoms with Gasteiger partial charge in [0.15, 0.2) is 0 Å². The summed E-state index contributed by atoms with van der Waals surface area (Å²) in [5.74, 6) is 0.628. The number of aromatic amines is 1.